The first-order valence-electron chi connectivity index (χ1n) is 3.49. The molecule has 0 aliphatic carbocycles. The predicted octanol–water partition coefficient (Wildman–Crippen LogP) is 3.77. The van der Waals surface area contributed by atoms with Crippen molar-refractivity contribution >= 4 is 10.8 Å². The van der Waals surface area contributed by atoms with Gasteiger partial charge in [-0.05, 0) is 6.92 Å². The van der Waals surface area contributed by atoms with E-state index in [1.807, 2.05) is 0 Å². The third kappa shape index (κ3) is 2.84. The number of fused-ring (bicyclic) bond motifs is 1. The van der Waals surface area contributed by atoms with E-state index in [1.165, 1.54) is 16.3 Å². The Morgan fingerprint density at radius 1 is 1.08 bits per heavy atom. The molecule has 0 amide bonds. The maximum Gasteiger partial charge on any atom is 3.00 e. The summed E-state index contributed by atoms with van der Waals surface area (Å²) in [7, 11) is 0. The number of hydrogen-bond donors (Lipinski definition) is 0. The third-order valence-electron chi connectivity index (χ3n) is 1.90. The molecule has 0 atom stereocenters. The maximum atomic E-state index is 2.16. The van der Waals surface area contributed by atoms with Crippen molar-refractivity contribution in [1.29, 1.82) is 0 Å². The van der Waals surface area contributed by atoms with Crippen molar-refractivity contribution in [3.63, 3.8) is 0 Å². The molecule has 0 aromatic heterocycles. The molecule has 1 radical (unpaired) electrons. The molecule has 67 valence electrons. The van der Waals surface area contributed by atoms with Gasteiger partial charge in [-0.3, -0.25) is 0 Å². The summed E-state index contributed by atoms with van der Waals surface area (Å²) in [6, 6.07) is 12.8. The van der Waals surface area contributed by atoms with E-state index >= 15 is 0 Å². The van der Waals surface area contributed by atoms with Gasteiger partial charge in [0, 0.05) is 0 Å². The molecule has 2 aromatic rings. The van der Waals surface area contributed by atoms with Crippen molar-refractivity contribution in [1.82, 2.24) is 0 Å². The SMILES string of the molecule is Cc1cccc2[cH-]ccc12.[CH3-].[CH3-].[Zr+3]. The Morgan fingerprint density at radius 3 is 2.38 bits per heavy atom. The van der Waals surface area contributed by atoms with Gasteiger partial charge in [-0.2, -0.15) is 12.1 Å². The van der Waals surface area contributed by atoms with E-state index in [0.717, 1.165) is 0 Å². The van der Waals surface area contributed by atoms with Crippen LogP contribution >= 0.6 is 0 Å². The van der Waals surface area contributed by atoms with E-state index < -0.39 is 0 Å². The molecule has 0 saturated carbocycles. The topological polar surface area (TPSA) is 0 Å². The smallest absolute Gasteiger partial charge is 0.358 e. The van der Waals surface area contributed by atoms with Crippen LogP contribution in [0.2, 0.25) is 0 Å². The van der Waals surface area contributed by atoms with Crippen LogP contribution < -0.4 is 0 Å². The molecular formula is C12H15Zr. The molecule has 0 N–H and O–H groups in total. The standard InChI is InChI=1S/C10H9.2CH3.Zr/c1-8-4-2-5-9-6-3-7-10(8)9;;;/h2-7H,1H3;2*1H3;/q3*-1;+3. The molecule has 0 aliphatic heterocycles. The van der Waals surface area contributed by atoms with Gasteiger partial charge in [0.1, 0.15) is 0 Å². The second-order valence-corrected chi connectivity index (χ2v) is 2.60. The van der Waals surface area contributed by atoms with Crippen molar-refractivity contribution in [2.75, 3.05) is 0 Å². The van der Waals surface area contributed by atoms with Crippen LogP contribution in [0.4, 0.5) is 0 Å². The van der Waals surface area contributed by atoms with Crippen LogP contribution in [0.1, 0.15) is 5.56 Å². The van der Waals surface area contributed by atoms with Gasteiger partial charge >= 0.3 is 26.2 Å². The van der Waals surface area contributed by atoms with E-state index in [4.69, 9.17) is 0 Å². The number of aryl methyl sites for hydroxylation is 1. The van der Waals surface area contributed by atoms with Crippen molar-refractivity contribution < 1.29 is 26.2 Å². The second kappa shape index (κ2) is 6.21. The molecule has 0 fully saturated rings. The molecule has 0 nitrogen and oxygen atoms in total. The van der Waals surface area contributed by atoms with E-state index in [1.54, 1.807) is 0 Å². The predicted molar refractivity (Wildman–Crippen MR) is 57.1 cm³/mol. The Labute approximate surface area is 100 Å². The summed E-state index contributed by atoms with van der Waals surface area (Å²) in [4.78, 5) is 0. The fraction of sp³-hybridized carbons (Fsp3) is 0.0833. The zero-order valence-corrected chi connectivity index (χ0v) is 10.9. The molecule has 0 bridgehead atoms. The van der Waals surface area contributed by atoms with Crippen LogP contribution in [0.5, 0.6) is 0 Å². The van der Waals surface area contributed by atoms with Gasteiger partial charge in [-0.25, -0.2) is 0 Å². The summed E-state index contributed by atoms with van der Waals surface area (Å²) in [5.74, 6) is 0. The molecule has 1 heteroatoms. The average Bonchev–Trinajstić information content (AvgIpc) is 2.36. The number of benzene rings is 1. The van der Waals surface area contributed by atoms with Gasteiger partial charge in [0.2, 0.25) is 0 Å². The van der Waals surface area contributed by atoms with Gasteiger partial charge in [0.15, 0.2) is 0 Å². The van der Waals surface area contributed by atoms with E-state index in [0.29, 0.717) is 0 Å². The van der Waals surface area contributed by atoms with Crippen molar-refractivity contribution in [2.45, 2.75) is 6.92 Å². The number of hydrogen-bond acceptors (Lipinski definition) is 0. The first-order chi connectivity index (χ1) is 4.88. The molecule has 2 rings (SSSR count). The van der Waals surface area contributed by atoms with Crippen LogP contribution in [-0.4, -0.2) is 0 Å². The fourth-order valence-electron chi connectivity index (χ4n) is 1.32. The number of rotatable bonds is 0. The van der Waals surface area contributed by atoms with Crippen LogP contribution in [0, 0.1) is 21.8 Å². The molecule has 0 aliphatic rings. The van der Waals surface area contributed by atoms with Gasteiger partial charge < -0.3 is 14.9 Å². The molecule has 0 spiro atoms. The van der Waals surface area contributed by atoms with Gasteiger partial charge in [-0.1, -0.05) is 11.6 Å². The average molecular weight is 250 g/mol. The Hall–Kier alpha value is -0.287. The minimum Gasteiger partial charge on any atom is -0.358 e. The first-order valence-corrected chi connectivity index (χ1v) is 3.49. The van der Waals surface area contributed by atoms with Gasteiger partial charge in [-0.15, -0.1) is 29.0 Å². The molecular weight excluding hydrogens is 235 g/mol. The van der Waals surface area contributed by atoms with Crippen LogP contribution in [0.15, 0.2) is 36.4 Å². The summed E-state index contributed by atoms with van der Waals surface area (Å²) >= 11 is 0. The maximum absolute atomic E-state index is 2.16. The molecule has 2 aromatic carbocycles. The third-order valence-corrected chi connectivity index (χ3v) is 1.90. The van der Waals surface area contributed by atoms with Crippen molar-refractivity contribution in [3.05, 3.63) is 56.8 Å². The van der Waals surface area contributed by atoms with Crippen molar-refractivity contribution in [2.24, 2.45) is 0 Å². The summed E-state index contributed by atoms with van der Waals surface area (Å²) in [6.45, 7) is 2.14. The molecule has 0 unspecified atom stereocenters. The Balaban J connectivity index is 0. The second-order valence-electron chi connectivity index (χ2n) is 2.60. The summed E-state index contributed by atoms with van der Waals surface area (Å²) < 4.78 is 0. The summed E-state index contributed by atoms with van der Waals surface area (Å²) in [6.07, 6.45) is 0. The first kappa shape index (κ1) is 15.2. The summed E-state index contributed by atoms with van der Waals surface area (Å²) in [5.41, 5.74) is 1.36. The molecule has 0 saturated heterocycles. The monoisotopic (exact) mass is 249 g/mol. The van der Waals surface area contributed by atoms with E-state index in [9.17, 15) is 0 Å². The minimum atomic E-state index is 0. The normalized spacial score (nSPS) is 8.08. The minimum absolute atomic E-state index is 0. The Bertz CT molecular complexity index is 347. The Kier molecular flexibility index (Phi) is 7.26. The molecule has 13 heavy (non-hydrogen) atoms. The zero-order valence-electron chi connectivity index (χ0n) is 8.46. The van der Waals surface area contributed by atoms with E-state index in [-0.39, 0.29) is 41.1 Å². The largest absolute Gasteiger partial charge is 3.00 e. The van der Waals surface area contributed by atoms with Crippen LogP contribution in [0.3, 0.4) is 0 Å². The van der Waals surface area contributed by atoms with Crippen LogP contribution in [-0.2, 0) is 26.2 Å². The van der Waals surface area contributed by atoms with Gasteiger partial charge in [0.05, 0.1) is 0 Å². The Morgan fingerprint density at radius 2 is 1.77 bits per heavy atom. The van der Waals surface area contributed by atoms with E-state index in [2.05, 4.69) is 43.3 Å². The quantitative estimate of drug-likeness (QED) is 0.625. The molecule has 0 heterocycles. The van der Waals surface area contributed by atoms with Crippen molar-refractivity contribution in [3.8, 4) is 0 Å². The summed E-state index contributed by atoms with van der Waals surface area (Å²) in [5, 5.41) is 2.72. The van der Waals surface area contributed by atoms with Gasteiger partial charge in [0.25, 0.3) is 0 Å². The van der Waals surface area contributed by atoms with Crippen LogP contribution in [0.25, 0.3) is 10.8 Å². The zero-order chi connectivity index (χ0) is 6.97. The fourth-order valence-corrected chi connectivity index (χ4v) is 1.32.